The van der Waals surface area contributed by atoms with Crippen LogP contribution < -0.4 is 5.73 Å². The highest BCUT2D eigenvalue weighted by Crippen LogP contribution is 2.28. The quantitative estimate of drug-likeness (QED) is 0.212. The van der Waals surface area contributed by atoms with Gasteiger partial charge in [-0.2, -0.15) is 0 Å². The Balaban J connectivity index is 2.02. The molecule has 16 heavy (non-hydrogen) atoms. The van der Waals surface area contributed by atoms with Crippen molar-refractivity contribution in [2.24, 2.45) is 22.7 Å². The molecule has 1 aliphatic rings. The van der Waals surface area contributed by atoms with Crippen LogP contribution in [0, 0.1) is 11.8 Å². The summed E-state index contributed by atoms with van der Waals surface area (Å²) in [7, 11) is 2.02. The van der Waals surface area contributed by atoms with Gasteiger partial charge in [0.05, 0.1) is 6.61 Å². The fraction of sp³-hybridized carbons (Fsp3) is 0.909. The Morgan fingerprint density at radius 1 is 1.62 bits per heavy atom. The van der Waals surface area contributed by atoms with Gasteiger partial charge < -0.3 is 20.6 Å². The molecule has 0 amide bonds. The van der Waals surface area contributed by atoms with Crippen LogP contribution in [0.1, 0.15) is 19.8 Å². The Labute approximate surface area is 97.2 Å². The van der Waals surface area contributed by atoms with E-state index in [9.17, 15) is 0 Å². The summed E-state index contributed by atoms with van der Waals surface area (Å²) in [6, 6.07) is 0. The third-order valence-corrected chi connectivity index (χ3v) is 2.87. The third-order valence-electron chi connectivity index (χ3n) is 2.87. The summed E-state index contributed by atoms with van der Waals surface area (Å²) in [5.74, 6) is 1.17. The number of amidine groups is 1. The van der Waals surface area contributed by atoms with Crippen molar-refractivity contribution in [2.45, 2.75) is 19.8 Å². The molecule has 1 rings (SSSR count). The van der Waals surface area contributed by atoms with E-state index in [-0.39, 0.29) is 11.8 Å². The maximum Gasteiger partial charge on any atom is 0.143 e. The molecule has 0 bridgehead atoms. The van der Waals surface area contributed by atoms with Crippen molar-refractivity contribution in [3.63, 3.8) is 0 Å². The number of likely N-dealkylation sites (N-methyl/N-ethyl adjacent to an activating group) is 1. The van der Waals surface area contributed by atoms with Gasteiger partial charge in [-0.3, -0.25) is 0 Å². The standard InChI is InChI=1S/C11H23N3O2/c1-9(11(12)13-15)7-14(2)5-6-16-8-10-3-4-10/h9-10,15H,3-8H2,1-2H3,(H2,12,13). The minimum atomic E-state index is 0.0680. The van der Waals surface area contributed by atoms with Crippen molar-refractivity contribution < 1.29 is 9.94 Å². The predicted molar refractivity (Wildman–Crippen MR) is 63.6 cm³/mol. The minimum absolute atomic E-state index is 0.0680. The van der Waals surface area contributed by atoms with Gasteiger partial charge >= 0.3 is 0 Å². The molecule has 5 heteroatoms. The number of hydrogen-bond acceptors (Lipinski definition) is 4. The summed E-state index contributed by atoms with van der Waals surface area (Å²) in [6.45, 7) is 5.27. The third kappa shape index (κ3) is 5.32. The van der Waals surface area contributed by atoms with Gasteiger partial charge in [0.1, 0.15) is 5.84 Å². The van der Waals surface area contributed by atoms with Gasteiger partial charge in [-0.1, -0.05) is 12.1 Å². The first-order valence-electron chi connectivity index (χ1n) is 5.87. The molecule has 0 radical (unpaired) electrons. The first kappa shape index (κ1) is 13.3. The van der Waals surface area contributed by atoms with Gasteiger partial charge in [0.15, 0.2) is 0 Å². The first-order chi connectivity index (χ1) is 7.63. The van der Waals surface area contributed by atoms with Crippen molar-refractivity contribution in [3.8, 4) is 0 Å². The summed E-state index contributed by atoms with van der Waals surface area (Å²) in [5, 5.41) is 11.5. The maximum atomic E-state index is 8.52. The van der Waals surface area contributed by atoms with E-state index in [1.165, 1.54) is 12.8 Å². The molecule has 1 aliphatic carbocycles. The van der Waals surface area contributed by atoms with Gasteiger partial charge in [0, 0.05) is 25.6 Å². The fourth-order valence-corrected chi connectivity index (χ4v) is 1.51. The van der Waals surface area contributed by atoms with Gasteiger partial charge in [0.2, 0.25) is 0 Å². The van der Waals surface area contributed by atoms with E-state index >= 15 is 0 Å². The summed E-state index contributed by atoms with van der Waals surface area (Å²) >= 11 is 0. The second-order valence-electron chi connectivity index (χ2n) is 4.71. The second-order valence-corrected chi connectivity index (χ2v) is 4.71. The van der Waals surface area contributed by atoms with Crippen molar-refractivity contribution in [1.82, 2.24) is 4.90 Å². The van der Waals surface area contributed by atoms with Crippen LogP contribution in [0.2, 0.25) is 0 Å². The second kappa shape index (κ2) is 6.70. The number of nitrogens with zero attached hydrogens (tertiary/aromatic N) is 2. The zero-order valence-electron chi connectivity index (χ0n) is 10.2. The Morgan fingerprint density at radius 3 is 2.88 bits per heavy atom. The minimum Gasteiger partial charge on any atom is -0.409 e. The maximum absolute atomic E-state index is 8.52. The van der Waals surface area contributed by atoms with E-state index in [0.29, 0.717) is 0 Å². The SMILES string of the molecule is CC(CN(C)CCOCC1CC1)C(N)=NO. The van der Waals surface area contributed by atoms with Crippen LogP contribution in [0.25, 0.3) is 0 Å². The predicted octanol–water partition coefficient (Wildman–Crippen LogP) is 0.727. The molecule has 1 unspecified atom stereocenters. The number of hydrogen-bond donors (Lipinski definition) is 2. The van der Waals surface area contributed by atoms with E-state index in [4.69, 9.17) is 15.7 Å². The molecule has 1 saturated carbocycles. The smallest absolute Gasteiger partial charge is 0.143 e. The number of oxime groups is 1. The summed E-state index contributed by atoms with van der Waals surface area (Å²) in [5.41, 5.74) is 5.51. The number of nitrogens with two attached hydrogens (primary N) is 1. The molecule has 94 valence electrons. The molecule has 1 fully saturated rings. The highest BCUT2D eigenvalue weighted by molar-refractivity contribution is 5.82. The molecule has 3 N–H and O–H groups in total. The van der Waals surface area contributed by atoms with E-state index in [2.05, 4.69) is 10.1 Å². The summed E-state index contributed by atoms with van der Waals surface area (Å²) in [6.07, 6.45) is 2.66. The van der Waals surface area contributed by atoms with E-state index < -0.39 is 0 Å². The van der Waals surface area contributed by atoms with Gasteiger partial charge in [-0.05, 0) is 25.8 Å². The molecule has 0 aliphatic heterocycles. The Hall–Kier alpha value is -0.810. The number of rotatable bonds is 8. The van der Waals surface area contributed by atoms with Crippen molar-refractivity contribution in [1.29, 1.82) is 0 Å². The lowest BCUT2D eigenvalue weighted by molar-refractivity contribution is 0.102. The van der Waals surface area contributed by atoms with Crippen LogP contribution in [0.3, 0.4) is 0 Å². The lowest BCUT2D eigenvalue weighted by atomic mass is 10.1. The largest absolute Gasteiger partial charge is 0.409 e. The van der Waals surface area contributed by atoms with Crippen molar-refractivity contribution in [3.05, 3.63) is 0 Å². The average Bonchev–Trinajstić information content (AvgIpc) is 3.07. The number of ether oxygens (including phenoxy) is 1. The van der Waals surface area contributed by atoms with Crippen LogP contribution in [-0.2, 0) is 4.74 Å². The molecule has 0 aromatic rings. The van der Waals surface area contributed by atoms with Crippen LogP contribution in [0.4, 0.5) is 0 Å². The average molecular weight is 229 g/mol. The Bertz CT molecular complexity index is 229. The zero-order valence-corrected chi connectivity index (χ0v) is 10.2. The van der Waals surface area contributed by atoms with Crippen LogP contribution in [0.5, 0.6) is 0 Å². The molecule has 0 aromatic carbocycles. The summed E-state index contributed by atoms with van der Waals surface area (Å²) < 4.78 is 5.54. The van der Waals surface area contributed by atoms with Crippen LogP contribution in [-0.4, -0.2) is 49.3 Å². The van der Waals surface area contributed by atoms with Crippen molar-refractivity contribution in [2.75, 3.05) is 33.4 Å². The normalized spacial score (nSPS) is 19.1. The molecule has 1 atom stereocenters. The fourth-order valence-electron chi connectivity index (χ4n) is 1.51. The molecule has 0 saturated heterocycles. The molecule has 0 heterocycles. The highest BCUT2D eigenvalue weighted by Gasteiger charge is 2.21. The zero-order chi connectivity index (χ0) is 12.0. The molecule has 0 spiro atoms. The molecular formula is C11H23N3O2. The Morgan fingerprint density at radius 2 is 2.31 bits per heavy atom. The van der Waals surface area contributed by atoms with Gasteiger partial charge in [0.25, 0.3) is 0 Å². The van der Waals surface area contributed by atoms with Gasteiger partial charge in [-0.15, -0.1) is 0 Å². The van der Waals surface area contributed by atoms with E-state index in [0.717, 1.165) is 32.2 Å². The summed E-state index contributed by atoms with van der Waals surface area (Å²) in [4.78, 5) is 2.13. The lowest BCUT2D eigenvalue weighted by Crippen LogP contribution is -2.34. The van der Waals surface area contributed by atoms with Gasteiger partial charge in [-0.25, -0.2) is 0 Å². The van der Waals surface area contributed by atoms with Crippen LogP contribution in [0.15, 0.2) is 5.16 Å². The lowest BCUT2D eigenvalue weighted by Gasteiger charge is -2.20. The van der Waals surface area contributed by atoms with Crippen molar-refractivity contribution >= 4 is 5.84 Å². The van der Waals surface area contributed by atoms with E-state index in [1.807, 2.05) is 14.0 Å². The van der Waals surface area contributed by atoms with Crippen LogP contribution >= 0.6 is 0 Å². The Kier molecular flexibility index (Phi) is 5.55. The molecular weight excluding hydrogens is 206 g/mol. The van der Waals surface area contributed by atoms with E-state index in [1.54, 1.807) is 0 Å². The topological polar surface area (TPSA) is 71.1 Å². The molecule has 0 aromatic heterocycles. The molecule has 5 nitrogen and oxygen atoms in total. The highest BCUT2D eigenvalue weighted by atomic mass is 16.5. The monoisotopic (exact) mass is 229 g/mol. The first-order valence-corrected chi connectivity index (χ1v) is 5.87.